The molecule has 0 fully saturated rings. The van der Waals surface area contributed by atoms with Crippen molar-refractivity contribution in [1.82, 2.24) is 4.98 Å². The quantitative estimate of drug-likeness (QED) is 0.709. The maximum absolute atomic E-state index is 6.09. The molecule has 0 radical (unpaired) electrons. The lowest BCUT2D eigenvalue weighted by molar-refractivity contribution is 0.219. The molecule has 0 bridgehead atoms. The van der Waals surface area contributed by atoms with E-state index in [2.05, 4.69) is 25.9 Å². The van der Waals surface area contributed by atoms with Crippen LogP contribution in [-0.4, -0.2) is 17.6 Å². The SMILES string of the molecule is NC1=NC2(CCO1)c1cc(Br)ccc1Oc1cnc(Cl)cc12. The van der Waals surface area contributed by atoms with Gasteiger partial charge < -0.3 is 15.2 Å². The summed E-state index contributed by atoms with van der Waals surface area (Å²) >= 11 is 9.59. The van der Waals surface area contributed by atoms with Gasteiger partial charge in [-0.05, 0) is 24.3 Å². The van der Waals surface area contributed by atoms with Gasteiger partial charge in [-0.2, -0.15) is 0 Å². The van der Waals surface area contributed by atoms with Crippen LogP contribution in [0.15, 0.2) is 39.9 Å². The molecule has 2 N–H and O–H groups in total. The van der Waals surface area contributed by atoms with Crippen LogP contribution in [0.4, 0.5) is 0 Å². The Balaban J connectivity index is 2.05. The number of pyridine rings is 1. The first kappa shape index (κ1) is 13.8. The van der Waals surface area contributed by atoms with E-state index in [4.69, 9.17) is 26.8 Å². The fraction of sp³-hybridized carbons (Fsp3) is 0.200. The predicted octanol–water partition coefficient (Wildman–Crippen LogP) is 3.58. The third kappa shape index (κ3) is 1.98. The zero-order chi connectivity index (χ0) is 15.3. The molecule has 2 aliphatic rings. The summed E-state index contributed by atoms with van der Waals surface area (Å²) in [6.07, 6.45) is 2.26. The van der Waals surface area contributed by atoms with Crippen LogP contribution in [-0.2, 0) is 10.3 Å². The Bertz CT molecular complexity index is 758. The fourth-order valence-corrected chi connectivity index (χ4v) is 3.49. The van der Waals surface area contributed by atoms with Gasteiger partial charge in [0.15, 0.2) is 5.75 Å². The van der Waals surface area contributed by atoms with Gasteiger partial charge in [-0.1, -0.05) is 27.5 Å². The molecular formula is C15H11BrClN3O2. The number of halogens is 2. The van der Waals surface area contributed by atoms with Crippen LogP contribution < -0.4 is 10.5 Å². The van der Waals surface area contributed by atoms with Crippen molar-refractivity contribution in [1.29, 1.82) is 0 Å². The lowest BCUT2D eigenvalue weighted by Gasteiger charge is -2.39. The molecule has 1 aromatic heterocycles. The largest absolute Gasteiger partial charge is 0.465 e. The molecule has 112 valence electrons. The molecule has 0 aliphatic carbocycles. The molecule has 3 heterocycles. The summed E-state index contributed by atoms with van der Waals surface area (Å²) in [4.78, 5) is 8.72. The highest BCUT2D eigenvalue weighted by Gasteiger charge is 2.45. The van der Waals surface area contributed by atoms with Gasteiger partial charge >= 0.3 is 0 Å². The van der Waals surface area contributed by atoms with Gasteiger partial charge in [-0.3, -0.25) is 0 Å². The van der Waals surface area contributed by atoms with Crippen molar-refractivity contribution in [3.8, 4) is 11.5 Å². The summed E-state index contributed by atoms with van der Waals surface area (Å²) in [6, 6.07) is 7.77. The highest BCUT2D eigenvalue weighted by molar-refractivity contribution is 9.10. The number of fused-ring (bicyclic) bond motifs is 4. The summed E-state index contributed by atoms with van der Waals surface area (Å²) in [7, 11) is 0. The minimum Gasteiger partial charge on any atom is -0.465 e. The van der Waals surface area contributed by atoms with Gasteiger partial charge in [0.05, 0.1) is 12.8 Å². The van der Waals surface area contributed by atoms with E-state index >= 15 is 0 Å². The van der Waals surface area contributed by atoms with E-state index in [0.717, 1.165) is 21.3 Å². The van der Waals surface area contributed by atoms with Gasteiger partial charge in [0.1, 0.15) is 16.4 Å². The molecule has 0 amide bonds. The zero-order valence-corrected chi connectivity index (χ0v) is 13.7. The second-order valence-electron chi connectivity index (χ2n) is 5.15. The first-order valence-corrected chi connectivity index (χ1v) is 7.88. The van der Waals surface area contributed by atoms with E-state index in [1.807, 2.05) is 18.2 Å². The molecule has 2 aliphatic heterocycles. The maximum atomic E-state index is 6.09. The standard InChI is InChI=1S/C15H11BrClN3O2/c16-8-1-2-11-9(5-8)15(3-4-21-14(18)20-15)10-6-13(17)19-7-12(10)22-11/h1-2,5-7H,3-4H2,(H2,18,20). The first-order valence-electron chi connectivity index (χ1n) is 6.70. The van der Waals surface area contributed by atoms with Crippen molar-refractivity contribution < 1.29 is 9.47 Å². The molecule has 1 aromatic carbocycles. The van der Waals surface area contributed by atoms with Crippen molar-refractivity contribution in [2.45, 2.75) is 12.0 Å². The van der Waals surface area contributed by atoms with E-state index in [9.17, 15) is 0 Å². The number of aliphatic imine (C=N–C) groups is 1. The van der Waals surface area contributed by atoms with Gasteiger partial charge in [0, 0.05) is 22.0 Å². The summed E-state index contributed by atoms with van der Waals surface area (Å²) in [5.74, 6) is 1.37. The Labute approximate surface area is 140 Å². The number of amidine groups is 1. The zero-order valence-electron chi connectivity index (χ0n) is 11.3. The number of nitrogens with two attached hydrogens (primary N) is 1. The normalized spacial score (nSPS) is 22.2. The number of rotatable bonds is 0. The van der Waals surface area contributed by atoms with Gasteiger partial charge in [-0.15, -0.1) is 0 Å². The summed E-state index contributed by atoms with van der Waals surface area (Å²) in [5, 5.41) is 0.389. The predicted molar refractivity (Wildman–Crippen MR) is 86.4 cm³/mol. The Kier molecular flexibility index (Phi) is 3.06. The molecule has 0 saturated carbocycles. The van der Waals surface area contributed by atoms with Crippen molar-refractivity contribution in [2.24, 2.45) is 10.7 Å². The molecule has 22 heavy (non-hydrogen) atoms. The van der Waals surface area contributed by atoms with Gasteiger partial charge in [0.25, 0.3) is 6.02 Å². The third-order valence-corrected chi connectivity index (χ3v) is 4.60. The van der Waals surface area contributed by atoms with Crippen molar-refractivity contribution in [2.75, 3.05) is 6.61 Å². The van der Waals surface area contributed by atoms with Crippen LogP contribution in [0, 0.1) is 0 Å². The summed E-state index contributed by atoms with van der Waals surface area (Å²) in [5.41, 5.74) is 6.98. The van der Waals surface area contributed by atoms with E-state index < -0.39 is 5.54 Å². The Morgan fingerprint density at radius 2 is 2.05 bits per heavy atom. The van der Waals surface area contributed by atoms with Crippen LogP contribution in [0.5, 0.6) is 11.5 Å². The number of ether oxygens (including phenoxy) is 2. The second-order valence-corrected chi connectivity index (χ2v) is 6.46. The van der Waals surface area contributed by atoms with Gasteiger partial charge in [-0.25, -0.2) is 9.98 Å². The number of nitrogens with zero attached hydrogens (tertiary/aromatic N) is 2. The average molecular weight is 381 g/mol. The van der Waals surface area contributed by atoms with Crippen LogP contribution in [0.25, 0.3) is 0 Å². The maximum Gasteiger partial charge on any atom is 0.283 e. The molecular weight excluding hydrogens is 370 g/mol. The molecule has 1 unspecified atom stereocenters. The molecule has 1 atom stereocenters. The summed E-state index contributed by atoms with van der Waals surface area (Å²) < 4.78 is 12.2. The third-order valence-electron chi connectivity index (χ3n) is 3.90. The molecule has 1 spiro atoms. The number of aromatic nitrogens is 1. The van der Waals surface area contributed by atoms with E-state index in [-0.39, 0.29) is 6.02 Å². The minimum atomic E-state index is -0.665. The highest BCUT2D eigenvalue weighted by atomic mass is 79.9. The Morgan fingerprint density at radius 3 is 2.86 bits per heavy atom. The van der Waals surface area contributed by atoms with Crippen molar-refractivity contribution in [3.05, 3.63) is 51.2 Å². The molecule has 0 saturated heterocycles. The monoisotopic (exact) mass is 379 g/mol. The van der Waals surface area contributed by atoms with Crippen LogP contribution in [0.1, 0.15) is 17.5 Å². The van der Waals surface area contributed by atoms with Gasteiger partial charge in [0.2, 0.25) is 0 Å². The van der Waals surface area contributed by atoms with Crippen LogP contribution in [0.2, 0.25) is 5.15 Å². The Hall–Kier alpha value is -1.79. The number of hydrogen-bond acceptors (Lipinski definition) is 5. The van der Waals surface area contributed by atoms with E-state index in [1.165, 1.54) is 0 Å². The lowest BCUT2D eigenvalue weighted by Crippen LogP contribution is -2.38. The molecule has 4 rings (SSSR count). The van der Waals surface area contributed by atoms with Crippen LogP contribution in [0.3, 0.4) is 0 Å². The number of benzene rings is 1. The van der Waals surface area contributed by atoms with E-state index in [1.54, 1.807) is 12.3 Å². The molecule has 5 nitrogen and oxygen atoms in total. The minimum absolute atomic E-state index is 0.165. The van der Waals surface area contributed by atoms with Crippen molar-refractivity contribution in [3.63, 3.8) is 0 Å². The lowest BCUT2D eigenvalue weighted by atomic mass is 9.78. The van der Waals surface area contributed by atoms with E-state index in [0.29, 0.717) is 23.9 Å². The highest BCUT2D eigenvalue weighted by Crippen LogP contribution is 2.52. The Morgan fingerprint density at radius 1 is 1.23 bits per heavy atom. The smallest absolute Gasteiger partial charge is 0.283 e. The summed E-state index contributed by atoms with van der Waals surface area (Å²) in [6.45, 7) is 0.473. The molecule has 7 heteroatoms. The molecule has 2 aromatic rings. The number of hydrogen-bond donors (Lipinski definition) is 1. The topological polar surface area (TPSA) is 69.7 Å². The first-order chi connectivity index (χ1) is 10.6. The average Bonchev–Trinajstić information content (AvgIpc) is 2.49. The second kappa shape index (κ2) is 4.86. The van der Waals surface area contributed by atoms with Crippen LogP contribution >= 0.6 is 27.5 Å². The van der Waals surface area contributed by atoms with Crippen molar-refractivity contribution >= 4 is 33.6 Å². The fourth-order valence-electron chi connectivity index (χ4n) is 2.97.